The number of likely N-dealkylation sites (N-methyl/N-ethyl adjacent to an activating group) is 1. The maximum Gasteiger partial charge on any atom is 0.0988 e. The molecule has 1 aromatic rings. The molecule has 1 aliphatic carbocycles. The standard InChI is InChI=1S/C16H20N2OS/c1-18-8-11(9-20-2)19-16-12-4-3-5-13-15(12)10(7-17-13)6-14(16)18/h3-5,7,10-11,14,16H,6,8-9H2,1-2H3. The lowest BCUT2D eigenvalue weighted by Crippen LogP contribution is -2.52. The second-order valence-electron chi connectivity index (χ2n) is 6.04. The Morgan fingerprint density at radius 1 is 1.45 bits per heavy atom. The van der Waals surface area contributed by atoms with Crippen molar-refractivity contribution in [2.75, 3.05) is 25.6 Å². The van der Waals surface area contributed by atoms with Crippen molar-refractivity contribution in [2.45, 2.75) is 30.6 Å². The quantitative estimate of drug-likeness (QED) is 0.836. The van der Waals surface area contributed by atoms with E-state index >= 15 is 0 Å². The van der Waals surface area contributed by atoms with E-state index in [1.165, 1.54) is 11.1 Å². The third-order valence-electron chi connectivity index (χ3n) is 4.78. The molecule has 4 heteroatoms. The van der Waals surface area contributed by atoms with Crippen LogP contribution in [0.4, 0.5) is 5.69 Å². The lowest BCUT2D eigenvalue weighted by molar-refractivity contribution is -0.112. The molecule has 0 spiro atoms. The van der Waals surface area contributed by atoms with Crippen LogP contribution in [0.3, 0.4) is 0 Å². The van der Waals surface area contributed by atoms with Crippen LogP contribution in [0, 0.1) is 0 Å². The number of thioether (sulfide) groups is 1. The molecule has 106 valence electrons. The Bertz CT molecular complexity index is 559. The van der Waals surface area contributed by atoms with Crippen molar-refractivity contribution in [3.05, 3.63) is 29.3 Å². The molecular formula is C16H20N2OS. The number of morpholine rings is 1. The van der Waals surface area contributed by atoms with Crippen LogP contribution in [0.15, 0.2) is 23.2 Å². The first-order valence-electron chi connectivity index (χ1n) is 7.29. The van der Waals surface area contributed by atoms with Gasteiger partial charge in [-0.1, -0.05) is 12.1 Å². The summed E-state index contributed by atoms with van der Waals surface area (Å²) < 4.78 is 6.44. The van der Waals surface area contributed by atoms with E-state index in [9.17, 15) is 0 Å². The second-order valence-corrected chi connectivity index (χ2v) is 6.95. The molecule has 0 N–H and O–H groups in total. The molecular weight excluding hydrogens is 268 g/mol. The summed E-state index contributed by atoms with van der Waals surface area (Å²) in [7, 11) is 2.24. The molecule has 3 nitrogen and oxygen atoms in total. The summed E-state index contributed by atoms with van der Waals surface area (Å²) in [6.45, 7) is 1.04. The fourth-order valence-electron chi connectivity index (χ4n) is 3.91. The van der Waals surface area contributed by atoms with Gasteiger partial charge < -0.3 is 4.74 Å². The number of hydrogen-bond donors (Lipinski definition) is 0. The summed E-state index contributed by atoms with van der Waals surface area (Å²) in [5.41, 5.74) is 3.95. The zero-order chi connectivity index (χ0) is 13.7. The van der Waals surface area contributed by atoms with Gasteiger partial charge in [0.1, 0.15) is 0 Å². The van der Waals surface area contributed by atoms with Crippen molar-refractivity contribution < 1.29 is 4.74 Å². The van der Waals surface area contributed by atoms with Crippen molar-refractivity contribution in [1.29, 1.82) is 0 Å². The lowest BCUT2D eigenvalue weighted by atomic mass is 9.78. The molecule has 2 heterocycles. The number of fused-ring (bicyclic) bond motifs is 2. The average molecular weight is 288 g/mol. The average Bonchev–Trinajstić information content (AvgIpc) is 2.86. The number of aliphatic imine (C=N–C) groups is 1. The van der Waals surface area contributed by atoms with E-state index in [2.05, 4.69) is 47.6 Å². The predicted octanol–water partition coefficient (Wildman–Crippen LogP) is 2.99. The Labute approximate surface area is 124 Å². The fraction of sp³-hybridized carbons (Fsp3) is 0.562. The minimum Gasteiger partial charge on any atom is -0.366 e. The number of hydrogen-bond acceptors (Lipinski definition) is 4. The number of nitrogens with zero attached hydrogens (tertiary/aromatic N) is 2. The molecule has 2 aliphatic heterocycles. The smallest absolute Gasteiger partial charge is 0.0988 e. The maximum atomic E-state index is 6.44. The van der Waals surface area contributed by atoms with E-state index in [1.807, 2.05) is 11.8 Å². The first-order valence-corrected chi connectivity index (χ1v) is 8.69. The highest BCUT2D eigenvalue weighted by molar-refractivity contribution is 7.98. The topological polar surface area (TPSA) is 24.8 Å². The normalized spacial score (nSPS) is 34.9. The zero-order valence-corrected chi connectivity index (χ0v) is 12.8. The van der Waals surface area contributed by atoms with E-state index in [4.69, 9.17) is 4.74 Å². The van der Waals surface area contributed by atoms with Gasteiger partial charge in [-0.3, -0.25) is 9.89 Å². The van der Waals surface area contributed by atoms with Crippen molar-refractivity contribution in [2.24, 2.45) is 4.99 Å². The summed E-state index contributed by atoms with van der Waals surface area (Å²) >= 11 is 1.87. The highest BCUT2D eigenvalue weighted by Crippen LogP contribution is 2.49. The minimum absolute atomic E-state index is 0.221. The van der Waals surface area contributed by atoms with E-state index in [0.717, 1.165) is 24.4 Å². The first kappa shape index (κ1) is 12.9. The van der Waals surface area contributed by atoms with Gasteiger partial charge in [-0.2, -0.15) is 11.8 Å². The zero-order valence-electron chi connectivity index (χ0n) is 12.0. The monoisotopic (exact) mass is 288 g/mol. The number of rotatable bonds is 2. The van der Waals surface area contributed by atoms with E-state index in [1.54, 1.807) is 0 Å². The SMILES string of the molecule is CSCC1CN(C)C2CC3C=Nc4cccc(c43)C2O1. The van der Waals surface area contributed by atoms with Gasteiger partial charge >= 0.3 is 0 Å². The summed E-state index contributed by atoms with van der Waals surface area (Å²) in [5.74, 6) is 1.56. The largest absolute Gasteiger partial charge is 0.366 e. The third-order valence-corrected chi connectivity index (χ3v) is 5.49. The molecule has 1 fully saturated rings. The minimum atomic E-state index is 0.221. The van der Waals surface area contributed by atoms with E-state index in [-0.39, 0.29) is 6.10 Å². The highest BCUT2D eigenvalue weighted by Gasteiger charge is 2.43. The molecule has 4 rings (SSSR count). The van der Waals surface area contributed by atoms with E-state index in [0.29, 0.717) is 18.1 Å². The second kappa shape index (κ2) is 4.86. The van der Waals surface area contributed by atoms with Gasteiger partial charge in [0, 0.05) is 30.5 Å². The third kappa shape index (κ3) is 1.85. The molecule has 4 unspecified atom stereocenters. The molecule has 0 amide bonds. The maximum absolute atomic E-state index is 6.44. The Kier molecular flexibility index (Phi) is 3.13. The molecule has 4 atom stereocenters. The van der Waals surface area contributed by atoms with Crippen LogP contribution < -0.4 is 0 Å². The van der Waals surface area contributed by atoms with Crippen LogP contribution >= 0.6 is 11.8 Å². The Balaban J connectivity index is 1.73. The van der Waals surface area contributed by atoms with Crippen LogP contribution in [-0.4, -0.2) is 48.9 Å². The predicted molar refractivity (Wildman–Crippen MR) is 84.4 cm³/mol. The fourth-order valence-corrected chi connectivity index (χ4v) is 4.47. The van der Waals surface area contributed by atoms with Crippen LogP contribution in [0.1, 0.15) is 29.6 Å². The van der Waals surface area contributed by atoms with Gasteiger partial charge in [0.25, 0.3) is 0 Å². The number of ether oxygens (including phenoxy) is 1. The van der Waals surface area contributed by atoms with Crippen LogP contribution in [0.2, 0.25) is 0 Å². The molecule has 20 heavy (non-hydrogen) atoms. The Morgan fingerprint density at radius 2 is 2.35 bits per heavy atom. The molecule has 3 aliphatic rings. The number of benzene rings is 1. The van der Waals surface area contributed by atoms with Crippen molar-refractivity contribution in [1.82, 2.24) is 4.90 Å². The molecule has 0 saturated carbocycles. The molecule has 0 radical (unpaired) electrons. The van der Waals surface area contributed by atoms with Gasteiger partial charge in [0.15, 0.2) is 0 Å². The summed E-state index contributed by atoms with van der Waals surface area (Å²) in [6, 6.07) is 6.98. The van der Waals surface area contributed by atoms with Gasteiger partial charge in [0.2, 0.25) is 0 Å². The molecule has 0 bridgehead atoms. The van der Waals surface area contributed by atoms with Crippen LogP contribution in [0.5, 0.6) is 0 Å². The highest BCUT2D eigenvalue weighted by atomic mass is 32.2. The van der Waals surface area contributed by atoms with Crippen LogP contribution in [-0.2, 0) is 4.74 Å². The molecule has 1 aromatic carbocycles. The van der Waals surface area contributed by atoms with Crippen molar-refractivity contribution in [3.8, 4) is 0 Å². The summed E-state index contributed by atoms with van der Waals surface area (Å²) in [5, 5.41) is 0. The lowest BCUT2D eigenvalue weighted by Gasteiger charge is -2.47. The van der Waals surface area contributed by atoms with Crippen molar-refractivity contribution in [3.63, 3.8) is 0 Å². The summed E-state index contributed by atoms with van der Waals surface area (Å²) in [4.78, 5) is 7.08. The van der Waals surface area contributed by atoms with E-state index < -0.39 is 0 Å². The molecule has 1 saturated heterocycles. The summed E-state index contributed by atoms with van der Waals surface area (Å²) in [6.07, 6.45) is 5.98. The van der Waals surface area contributed by atoms with Crippen LogP contribution in [0.25, 0.3) is 0 Å². The van der Waals surface area contributed by atoms with Gasteiger partial charge in [-0.25, -0.2) is 0 Å². The Morgan fingerprint density at radius 3 is 3.20 bits per heavy atom. The van der Waals surface area contributed by atoms with Gasteiger partial charge in [-0.15, -0.1) is 0 Å². The van der Waals surface area contributed by atoms with Gasteiger partial charge in [-0.05, 0) is 36.9 Å². The molecule has 0 aromatic heterocycles. The van der Waals surface area contributed by atoms with Gasteiger partial charge in [0.05, 0.1) is 17.9 Å². The first-order chi connectivity index (χ1) is 9.78. The Hall–Kier alpha value is -0.840. The van der Waals surface area contributed by atoms with Crippen molar-refractivity contribution >= 4 is 23.7 Å².